The molecule has 0 saturated carbocycles. The third kappa shape index (κ3) is 4.60. The molecule has 0 aliphatic carbocycles. The van der Waals surface area contributed by atoms with Gasteiger partial charge in [-0.25, -0.2) is 0 Å². The van der Waals surface area contributed by atoms with Crippen LogP contribution in [-0.4, -0.2) is 54.7 Å². The second kappa shape index (κ2) is 7.80. The van der Waals surface area contributed by atoms with Crippen LogP contribution in [0, 0.1) is 11.8 Å². The van der Waals surface area contributed by atoms with Crippen LogP contribution in [0.2, 0.25) is 0 Å². The van der Waals surface area contributed by atoms with E-state index in [-0.39, 0.29) is 6.61 Å². The van der Waals surface area contributed by atoms with Crippen LogP contribution in [0.4, 0.5) is 0 Å². The molecule has 1 aliphatic rings. The number of thiophene rings is 1. The lowest BCUT2D eigenvalue weighted by Crippen LogP contribution is -2.36. The van der Waals surface area contributed by atoms with Crippen molar-refractivity contribution >= 4 is 11.3 Å². The summed E-state index contributed by atoms with van der Waals surface area (Å²) in [6, 6.07) is 4.96. The molecule has 1 unspecified atom stereocenters. The SMILES string of the molecule is CN(Cc1ccc(C#CCCO)s1)CC1CCCN1C. The highest BCUT2D eigenvalue weighted by Gasteiger charge is 2.22. The summed E-state index contributed by atoms with van der Waals surface area (Å²) < 4.78 is 0. The van der Waals surface area contributed by atoms with Crippen molar-refractivity contribution in [3.05, 3.63) is 21.9 Å². The van der Waals surface area contributed by atoms with Crippen molar-refractivity contribution in [1.29, 1.82) is 0 Å². The largest absolute Gasteiger partial charge is 0.395 e. The molecule has 3 nitrogen and oxygen atoms in total. The molecule has 4 heteroatoms. The lowest BCUT2D eigenvalue weighted by molar-refractivity contribution is 0.216. The van der Waals surface area contributed by atoms with Gasteiger partial charge in [0.1, 0.15) is 0 Å². The summed E-state index contributed by atoms with van der Waals surface area (Å²) in [5, 5.41) is 8.72. The molecule has 1 atom stereocenters. The fourth-order valence-electron chi connectivity index (χ4n) is 2.64. The smallest absolute Gasteiger partial charge is 0.0771 e. The number of likely N-dealkylation sites (tertiary alicyclic amines) is 1. The monoisotopic (exact) mass is 292 g/mol. The standard InChI is InChI=1S/C16H24N2OS/c1-17(12-14-6-5-10-18(14)2)13-16-9-8-15(20-16)7-3-4-11-19/h8-9,14,19H,4-6,10-13H2,1-2H3. The van der Waals surface area contributed by atoms with Gasteiger partial charge < -0.3 is 10.0 Å². The van der Waals surface area contributed by atoms with Gasteiger partial charge in [0, 0.05) is 30.4 Å². The summed E-state index contributed by atoms with van der Waals surface area (Å²) in [6.07, 6.45) is 3.21. The van der Waals surface area contributed by atoms with Crippen molar-refractivity contribution in [1.82, 2.24) is 9.80 Å². The van der Waals surface area contributed by atoms with Gasteiger partial charge in [0.2, 0.25) is 0 Å². The van der Waals surface area contributed by atoms with E-state index in [1.165, 1.54) is 24.3 Å². The normalized spacial score (nSPS) is 19.3. The predicted octanol–water partition coefficient (Wildman–Crippen LogP) is 2.01. The van der Waals surface area contributed by atoms with Crippen molar-refractivity contribution < 1.29 is 5.11 Å². The molecule has 1 aromatic heterocycles. The van der Waals surface area contributed by atoms with Crippen molar-refractivity contribution in [2.45, 2.75) is 31.8 Å². The third-order valence-corrected chi connectivity index (χ3v) is 4.72. The molecule has 0 aromatic carbocycles. The average molecular weight is 292 g/mol. The number of aliphatic hydroxyl groups is 1. The molecular formula is C16H24N2OS. The zero-order valence-corrected chi connectivity index (χ0v) is 13.2. The van der Waals surface area contributed by atoms with Gasteiger partial charge in [0.25, 0.3) is 0 Å². The highest BCUT2D eigenvalue weighted by molar-refractivity contribution is 7.12. The van der Waals surface area contributed by atoms with Gasteiger partial charge in [-0.2, -0.15) is 0 Å². The summed E-state index contributed by atoms with van der Waals surface area (Å²) in [5.74, 6) is 6.07. The topological polar surface area (TPSA) is 26.7 Å². The van der Waals surface area contributed by atoms with Gasteiger partial charge in [-0.1, -0.05) is 11.8 Å². The van der Waals surface area contributed by atoms with Gasteiger partial charge in [0.05, 0.1) is 11.5 Å². The maximum atomic E-state index is 8.72. The van der Waals surface area contributed by atoms with E-state index in [0.29, 0.717) is 12.5 Å². The Balaban J connectivity index is 1.82. The first-order chi connectivity index (χ1) is 9.69. The van der Waals surface area contributed by atoms with Gasteiger partial charge in [-0.05, 0) is 45.6 Å². The highest BCUT2D eigenvalue weighted by Crippen LogP contribution is 2.19. The number of hydrogen-bond donors (Lipinski definition) is 1. The van der Waals surface area contributed by atoms with Crippen LogP contribution in [0.25, 0.3) is 0 Å². The molecule has 0 amide bonds. The van der Waals surface area contributed by atoms with Crippen molar-refractivity contribution in [2.75, 3.05) is 33.8 Å². The Morgan fingerprint density at radius 3 is 3.05 bits per heavy atom. The highest BCUT2D eigenvalue weighted by atomic mass is 32.1. The van der Waals surface area contributed by atoms with Crippen LogP contribution in [0.15, 0.2) is 12.1 Å². The van der Waals surface area contributed by atoms with E-state index in [4.69, 9.17) is 5.11 Å². The van der Waals surface area contributed by atoms with Crippen LogP contribution < -0.4 is 0 Å². The molecule has 2 heterocycles. The number of aliphatic hydroxyl groups excluding tert-OH is 1. The molecule has 1 N–H and O–H groups in total. The number of nitrogens with zero attached hydrogens (tertiary/aromatic N) is 2. The van der Waals surface area contributed by atoms with Gasteiger partial charge in [-0.15, -0.1) is 11.3 Å². The Morgan fingerprint density at radius 2 is 2.35 bits per heavy atom. The third-order valence-electron chi connectivity index (χ3n) is 3.73. The maximum absolute atomic E-state index is 8.72. The second-order valence-corrected chi connectivity index (χ2v) is 6.68. The molecule has 2 rings (SSSR count). The summed E-state index contributed by atoms with van der Waals surface area (Å²) in [7, 11) is 4.43. The molecule has 20 heavy (non-hydrogen) atoms. The first kappa shape index (κ1) is 15.5. The minimum atomic E-state index is 0.142. The number of rotatable bonds is 5. The zero-order valence-electron chi connectivity index (χ0n) is 12.4. The van der Waals surface area contributed by atoms with Crippen LogP contribution in [0.1, 0.15) is 29.0 Å². The fraction of sp³-hybridized carbons (Fsp3) is 0.625. The van der Waals surface area contributed by atoms with Crippen molar-refractivity contribution in [3.8, 4) is 11.8 Å². The summed E-state index contributed by atoms with van der Waals surface area (Å²) in [6.45, 7) is 3.52. The Bertz CT molecular complexity index is 474. The molecular weight excluding hydrogens is 268 g/mol. The maximum Gasteiger partial charge on any atom is 0.0771 e. The summed E-state index contributed by atoms with van der Waals surface area (Å²) >= 11 is 1.76. The molecule has 1 fully saturated rings. The number of hydrogen-bond acceptors (Lipinski definition) is 4. The molecule has 0 radical (unpaired) electrons. The Labute approximate surface area is 126 Å². The lowest BCUT2D eigenvalue weighted by Gasteiger charge is -2.25. The zero-order chi connectivity index (χ0) is 14.4. The van der Waals surface area contributed by atoms with Crippen LogP contribution in [-0.2, 0) is 6.54 Å². The van der Waals surface area contributed by atoms with Crippen molar-refractivity contribution in [3.63, 3.8) is 0 Å². The van der Waals surface area contributed by atoms with E-state index < -0.39 is 0 Å². The van der Waals surface area contributed by atoms with Crippen LogP contribution in [0.3, 0.4) is 0 Å². The molecule has 1 saturated heterocycles. The van der Waals surface area contributed by atoms with E-state index in [1.54, 1.807) is 11.3 Å². The summed E-state index contributed by atoms with van der Waals surface area (Å²) in [5.41, 5.74) is 0. The van der Waals surface area contributed by atoms with E-state index in [1.807, 2.05) is 0 Å². The van der Waals surface area contributed by atoms with Crippen LogP contribution in [0.5, 0.6) is 0 Å². The number of likely N-dealkylation sites (N-methyl/N-ethyl adjacent to an activating group) is 2. The Hall–Kier alpha value is -0.860. The predicted molar refractivity (Wildman–Crippen MR) is 84.9 cm³/mol. The van der Waals surface area contributed by atoms with E-state index in [2.05, 4.69) is 47.9 Å². The quantitative estimate of drug-likeness (QED) is 0.841. The molecule has 1 aromatic rings. The lowest BCUT2D eigenvalue weighted by atomic mass is 10.2. The fourth-order valence-corrected chi connectivity index (χ4v) is 3.60. The minimum Gasteiger partial charge on any atom is -0.395 e. The minimum absolute atomic E-state index is 0.142. The Kier molecular flexibility index (Phi) is 6.06. The summed E-state index contributed by atoms with van der Waals surface area (Å²) in [4.78, 5) is 7.33. The van der Waals surface area contributed by atoms with Crippen LogP contribution >= 0.6 is 11.3 Å². The van der Waals surface area contributed by atoms with E-state index in [0.717, 1.165) is 18.0 Å². The Morgan fingerprint density at radius 1 is 1.50 bits per heavy atom. The molecule has 1 aliphatic heterocycles. The first-order valence-electron chi connectivity index (χ1n) is 7.26. The van der Waals surface area contributed by atoms with Gasteiger partial charge in [-0.3, -0.25) is 4.90 Å². The molecule has 0 spiro atoms. The van der Waals surface area contributed by atoms with Gasteiger partial charge in [0.15, 0.2) is 0 Å². The van der Waals surface area contributed by atoms with Crippen molar-refractivity contribution in [2.24, 2.45) is 0 Å². The molecule has 0 bridgehead atoms. The first-order valence-corrected chi connectivity index (χ1v) is 8.08. The molecule has 110 valence electrons. The van der Waals surface area contributed by atoms with Gasteiger partial charge >= 0.3 is 0 Å². The second-order valence-electron chi connectivity index (χ2n) is 5.51. The van der Waals surface area contributed by atoms with E-state index in [9.17, 15) is 0 Å². The average Bonchev–Trinajstić information content (AvgIpc) is 3.00. The van der Waals surface area contributed by atoms with E-state index >= 15 is 0 Å².